The van der Waals surface area contributed by atoms with Crippen LogP contribution in [0.5, 0.6) is 34.5 Å². The second-order valence-corrected chi connectivity index (χ2v) is 28.9. The molecule has 2 heterocycles. The van der Waals surface area contributed by atoms with Crippen molar-refractivity contribution < 1.29 is 14.2 Å². The van der Waals surface area contributed by atoms with Gasteiger partial charge < -0.3 is 0 Å². The molecule has 0 radical (unpaired) electrons. The van der Waals surface area contributed by atoms with Crippen LogP contribution < -0.4 is 17.1 Å². The summed E-state index contributed by atoms with van der Waals surface area (Å²) in [7, 11) is 0. The van der Waals surface area contributed by atoms with Crippen molar-refractivity contribution in [1.82, 2.24) is 0 Å². The van der Waals surface area contributed by atoms with Crippen molar-refractivity contribution in [2.75, 3.05) is 0 Å². The molecular weight excluding hydrogens is 735 g/mol. The summed E-state index contributed by atoms with van der Waals surface area (Å²) in [6.45, 7) is 7.07. The zero-order valence-electron chi connectivity index (χ0n) is 28.4. The number of thiophene rings is 2. The Bertz CT molecular complexity index is 1750. The summed E-state index contributed by atoms with van der Waals surface area (Å²) in [5, 5.41) is 0. The molecule has 0 atom stereocenters. The van der Waals surface area contributed by atoms with Crippen LogP contribution in [-0.2, 0) is 0 Å². The first-order valence-corrected chi connectivity index (χ1v) is 26.6. The van der Waals surface area contributed by atoms with Gasteiger partial charge in [-0.15, -0.1) is 0 Å². The third-order valence-electron chi connectivity index (χ3n) is 8.96. The standard InChI is InChI=1S/C30H19O3S2.3C4H9.Sn/c1-4-10-21(11-5-1)31-24-18-25(32-22-12-6-2-7-13-22)30(29-20-28-27(35-29)16-17-34-28)26(19-24)33-23-14-8-3-9-15-23;3*1-3-4-2;/h1-16,18-20H;3*1,3-4H2,2H3;. The summed E-state index contributed by atoms with van der Waals surface area (Å²) < 4.78 is 28.7. The van der Waals surface area contributed by atoms with Crippen molar-refractivity contribution >= 4 is 53.3 Å². The first-order valence-electron chi connectivity index (χ1n) is 17.5. The molecule has 0 aliphatic heterocycles. The van der Waals surface area contributed by atoms with Gasteiger partial charge in [-0.2, -0.15) is 0 Å². The van der Waals surface area contributed by atoms with E-state index in [1.807, 2.05) is 114 Å². The number of unbranched alkanes of at least 4 members (excludes halogenated alkanes) is 3. The molecule has 0 spiro atoms. The van der Waals surface area contributed by atoms with Gasteiger partial charge in [0, 0.05) is 0 Å². The van der Waals surface area contributed by atoms with Crippen molar-refractivity contribution in [3.63, 3.8) is 0 Å². The Morgan fingerprint density at radius 1 is 0.479 bits per heavy atom. The molecule has 0 N–H and O–H groups in total. The van der Waals surface area contributed by atoms with Crippen LogP contribution in [0, 0.1) is 0 Å². The number of hydrogen-bond donors (Lipinski definition) is 0. The fourth-order valence-corrected chi connectivity index (χ4v) is 28.3. The van der Waals surface area contributed by atoms with Gasteiger partial charge in [0.05, 0.1) is 0 Å². The number of fused-ring (bicyclic) bond motifs is 1. The molecule has 6 aromatic rings. The van der Waals surface area contributed by atoms with E-state index < -0.39 is 18.4 Å². The zero-order valence-corrected chi connectivity index (χ0v) is 32.9. The van der Waals surface area contributed by atoms with Gasteiger partial charge in [0.25, 0.3) is 0 Å². The zero-order chi connectivity index (χ0) is 33.2. The molecule has 0 saturated heterocycles. The molecule has 4 aromatic carbocycles. The second-order valence-electron chi connectivity index (χ2n) is 12.6. The van der Waals surface area contributed by atoms with Gasteiger partial charge in [-0.05, 0) is 0 Å². The molecule has 0 unspecified atom stereocenters. The van der Waals surface area contributed by atoms with Gasteiger partial charge in [-0.1, -0.05) is 18.2 Å². The van der Waals surface area contributed by atoms with E-state index in [2.05, 4.69) is 44.2 Å². The predicted molar refractivity (Wildman–Crippen MR) is 209 cm³/mol. The van der Waals surface area contributed by atoms with Crippen LogP contribution in [0.25, 0.3) is 19.8 Å². The number of ether oxygens (including phenoxy) is 3. The molecule has 6 rings (SSSR count). The SMILES string of the molecule is CCC[CH2][Sn]([CH2]CCC)([CH2]CCC)[c]1cc2sc(-c3c(Oc4ccccc4)cc(Oc4ccccc4)cc3Oc3ccccc3)cc2s1. The fourth-order valence-electron chi connectivity index (χ4n) is 6.39. The van der Waals surface area contributed by atoms with E-state index in [0.717, 1.165) is 27.7 Å². The number of para-hydroxylation sites is 3. The van der Waals surface area contributed by atoms with Crippen molar-refractivity contribution in [2.24, 2.45) is 0 Å². The molecular formula is C42H46O3S2Sn. The molecule has 0 aliphatic rings. The first-order chi connectivity index (χ1) is 23.6. The predicted octanol–water partition coefficient (Wildman–Crippen LogP) is 14.1. The summed E-state index contributed by atoms with van der Waals surface area (Å²) in [6.07, 6.45) is 7.99. The van der Waals surface area contributed by atoms with E-state index in [1.54, 1.807) is 2.89 Å². The van der Waals surface area contributed by atoms with E-state index in [0.29, 0.717) is 17.2 Å². The van der Waals surface area contributed by atoms with Gasteiger partial charge >= 0.3 is 282 Å². The molecule has 0 saturated carbocycles. The van der Waals surface area contributed by atoms with Crippen molar-refractivity contribution in [1.29, 1.82) is 0 Å². The third-order valence-corrected chi connectivity index (χ3v) is 29.5. The average Bonchev–Trinajstić information content (AvgIpc) is 3.70. The topological polar surface area (TPSA) is 27.7 Å². The molecule has 3 nitrogen and oxygen atoms in total. The van der Waals surface area contributed by atoms with Crippen LogP contribution in [0.2, 0.25) is 13.3 Å². The molecule has 0 aliphatic carbocycles. The molecule has 2 aromatic heterocycles. The number of benzene rings is 4. The van der Waals surface area contributed by atoms with Crippen LogP contribution in [-0.4, -0.2) is 18.4 Å². The van der Waals surface area contributed by atoms with Crippen LogP contribution in [0.3, 0.4) is 0 Å². The van der Waals surface area contributed by atoms with Crippen LogP contribution in [0.1, 0.15) is 59.3 Å². The van der Waals surface area contributed by atoms with Crippen LogP contribution in [0.4, 0.5) is 0 Å². The Morgan fingerprint density at radius 3 is 1.35 bits per heavy atom. The van der Waals surface area contributed by atoms with E-state index in [1.165, 1.54) is 61.2 Å². The summed E-state index contributed by atoms with van der Waals surface area (Å²) in [5.41, 5.74) is 0.941. The first kappa shape index (κ1) is 34.6. The maximum atomic E-state index is 6.66. The molecule has 0 fully saturated rings. The summed E-state index contributed by atoms with van der Waals surface area (Å²) in [5.74, 6) is 4.36. The van der Waals surface area contributed by atoms with Crippen LogP contribution in [0.15, 0.2) is 115 Å². The van der Waals surface area contributed by atoms with E-state index in [9.17, 15) is 0 Å². The maximum absolute atomic E-state index is 6.66. The van der Waals surface area contributed by atoms with Gasteiger partial charge in [0.15, 0.2) is 0 Å². The van der Waals surface area contributed by atoms with Gasteiger partial charge in [0.2, 0.25) is 0 Å². The Hall–Kier alpha value is -3.26. The number of rotatable bonds is 17. The third kappa shape index (κ3) is 8.47. The molecule has 0 bridgehead atoms. The minimum absolute atomic E-state index is 0.657. The van der Waals surface area contributed by atoms with Gasteiger partial charge in [-0.25, -0.2) is 0 Å². The summed E-state index contributed by atoms with van der Waals surface area (Å²) >= 11 is 1.42. The second kappa shape index (κ2) is 16.9. The molecule has 48 heavy (non-hydrogen) atoms. The Labute approximate surface area is 298 Å². The molecule has 0 amide bonds. The van der Waals surface area contributed by atoms with Crippen LogP contribution >= 0.6 is 22.7 Å². The van der Waals surface area contributed by atoms with E-state index >= 15 is 0 Å². The quantitative estimate of drug-likeness (QED) is 0.0863. The van der Waals surface area contributed by atoms with E-state index in [-0.39, 0.29) is 0 Å². The monoisotopic (exact) mass is 782 g/mol. The molecule has 248 valence electrons. The van der Waals surface area contributed by atoms with Gasteiger partial charge in [0.1, 0.15) is 0 Å². The Balaban J connectivity index is 1.47. The minimum atomic E-state index is -2.54. The summed E-state index contributed by atoms with van der Waals surface area (Å²) in [6, 6.07) is 38.8. The fraction of sp³-hybridized carbons (Fsp3) is 0.286. The van der Waals surface area contributed by atoms with Gasteiger partial charge in [-0.3, -0.25) is 0 Å². The molecule has 6 heteroatoms. The normalized spacial score (nSPS) is 11.6. The Morgan fingerprint density at radius 2 is 0.917 bits per heavy atom. The summed E-state index contributed by atoms with van der Waals surface area (Å²) in [4.78, 5) is 1.14. The van der Waals surface area contributed by atoms with Crippen molar-refractivity contribution in [3.05, 3.63) is 115 Å². The van der Waals surface area contributed by atoms with Crippen molar-refractivity contribution in [3.8, 4) is 44.9 Å². The van der Waals surface area contributed by atoms with E-state index in [4.69, 9.17) is 14.2 Å². The number of hydrogen-bond acceptors (Lipinski definition) is 5. The Kier molecular flexibility index (Phi) is 12.2. The van der Waals surface area contributed by atoms with Crippen molar-refractivity contribution in [2.45, 2.75) is 72.6 Å². The average molecular weight is 782 g/mol.